The number of aromatic nitrogens is 2. The van der Waals surface area contributed by atoms with E-state index in [1.165, 1.54) is 6.26 Å². The van der Waals surface area contributed by atoms with Crippen molar-refractivity contribution in [3.8, 4) is 17.3 Å². The third-order valence-electron chi connectivity index (χ3n) is 4.68. The number of rotatable bonds is 3. The van der Waals surface area contributed by atoms with Crippen LogP contribution in [0.2, 0.25) is 0 Å². The Hall–Kier alpha value is -2.89. The van der Waals surface area contributed by atoms with Crippen LogP contribution in [-0.4, -0.2) is 45.6 Å². The minimum atomic E-state index is -3.92. The molecule has 4 aromatic rings. The molecule has 0 saturated carbocycles. The normalized spacial score (nSPS) is 12.1. The molecule has 2 aromatic heterocycles. The molecule has 0 aliphatic rings. The fourth-order valence-electron chi connectivity index (χ4n) is 3.32. The van der Waals surface area contributed by atoms with E-state index in [0.29, 0.717) is 16.9 Å². The lowest BCUT2D eigenvalue weighted by Gasteiger charge is -1.97. The van der Waals surface area contributed by atoms with E-state index in [1.54, 1.807) is 19.2 Å². The fraction of sp³-hybridized carbons (Fsp3) is 0.250. The Labute approximate surface area is 180 Å². The summed E-state index contributed by atoms with van der Waals surface area (Å²) in [6.07, 6.45) is 1.82. The first kappa shape index (κ1) is 22.8. The van der Waals surface area contributed by atoms with Gasteiger partial charge in [-0.05, 0) is 24.3 Å². The van der Waals surface area contributed by atoms with Crippen molar-refractivity contribution in [3.63, 3.8) is 0 Å². The Morgan fingerprint density at radius 3 is 2.26 bits per heavy atom. The second kappa shape index (κ2) is 7.98. The zero-order chi connectivity index (χ0) is 23.1. The Balaban J connectivity index is 0.000000491. The number of benzene rings is 2. The lowest BCUT2D eigenvalue weighted by Crippen LogP contribution is -2.29. The molecule has 0 amide bonds. The minimum absolute atomic E-state index is 0.298. The maximum atomic E-state index is 11.9. The van der Waals surface area contributed by atoms with Crippen LogP contribution in [0.5, 0.6) is 5.75 Å². The molecule has 31 heavy (non-hydrogen) atoms. The average molecular weight is 467 g/mol. The molecule has 0 atom stereocenters. The zero-order valence-corrected chi connectivity index (χ0v) is 19.2. The van der Waals surface area contributed by atoms with Crippen LogP contribution in [0.1, 0.15) is 0 Å². The number of furan rings is 1. The topological polar surface area (TPSA) is 123 Å². The molecule has 2 aromatic carbocycles. The molecule has 0 spiro atoms. The number of imidazole rings is 1. The molecule has 2 heterocycles. The van der Waals surface area contributed by atoms with Crippen molar-refractivity contribution in [2.45, 2.75) is 4.90 Å². The molecule has 0 unspecified atom stereocenters. The predicted octanol–water partition coefficient (Wildman–Crippen LogP) is 1.99. The van der Waals surface area contributed by atoms with Gasteiger partial charge >= 0.3 is 5.82 Å². The third kappa shape index (κ3) is 4.89. The molecule has 0 aliphatic heterocycles. The van der Waals surface area contributed by atoms with Crippen LogP contribution >= 0.6 is 0 Å². The van der Waals surface area contributed by atoms with Crippen LogP contribution in [0.15, 0.2) is 51.8 Å². The molecule has 0 saturated heterocycles. The summed E-state index contributed by atoms with van der Waals surface area (Å²) in [5.41, 5.74) is 2.48. The summed E-state index contributed by atoms with van der Waals surface area (Å²) in [6, 6.07) is 12.8. The number of methoxy groups -OCH3 is 1. The number of sulfone groups is 1. The first-order valence-corrected chi connectivity index (χ1v) is 12.7. The molecule has 0 N–H and O–H groups in total. The van der Waals surface area contributed by atoms with Crippen molar-refractivity contribution in [1.82, 2.24) is 4.57 Å². The molecule has 0 aliphatic carbocycles. The van der Waals surface area contributed by atoms with Gasteiger partial charge < -0.3 is 13.7 Å². The Kier molecular flexibility index (Phi) is 5.87. The maximum absolute atomic E-state index is 11.9. The van der Waals surface area contributed by atoms with Crippen molar-refractivity contribution in [2.75, 3.05) is 19.6 Å². The average Bonchev–Trinajstić information content (AvgIpc) is 3.17. The number of fused-ring (bicyclic) bond motifs is 2. The highest BCUT2D eigenvalue weighted by Crippen LogP contribution is 2.30. The van der Waals surface area contributed by atoms with E-state index in [0.717, 1.165) is 33.6 Å². The summed E-state index contributed by atoms with van der Waals surface area (Å²) in [6.45, 7) is 0. The Bertz CT molecular complexity index is 1490. The summed E-state index contributed by atoms with van der Waals surface area (Å²) in [7, 11) is -1.73. The van der Waals surface area contributed by atoms with Gasteiger partial charge in [-0.1, -0.05) is 0 Å². The van der Waals surface area contributed by atoms with E-state index in [9.17, 15) is 8.42 Å². The lowest BCUT2D eigenvalue weighted by atomic mass is 10.2. The molecule has 11 heteroatoms. The van der Waals surface area contributed by atoms with Crippen molar-refractivity contribution in [2.24, 2.45) is 14.1 Å². The smallest absolute Gasteiger partial charge is 0.325 e. The van der Waals surface area contributed by atoms with Gasteiger partial charge in [-0.2, -0.15) is 0 Å². The monoisotopic (exact) mass is 466 g/mol. The summed E-state index contributed by atoms with van der Waals surface area (Å²) in [5, 5.41) is 0.975. The quantitative estimate of drug-likeness (QED) is 0.334. The second-order valence-electron chi connectivity index (χ2n) is 7.08. The van der Waals surface area contributed by atoms with E-state index in [4.69, 9.17) is 22.1 Å². The van der Waals surface area contributed by atoms with Crippen LogP contribution in [0, 0.1) is 0 Å². The van der Waals surface area contributed by atoms with Crippen molar-refractivity contribution in [3.05, 3.63) is 42.5 Å². The highest BCUT2D eigenvalue weighted by atomic mass is 32.2. The number of nitrogens with zero attached hydrogens (tertiary/aromatic N) is 2. The predicted molar refractivity (Wildman–Crippen MR) is 115 cm³/mol. The summed E-state index contributed by atoms with van der Waals surface area (Å²) in [4.78, 5) is 0.298. The molecule has 4 rings (SSSR count). The van der Waals surface area contributed by atoms with Crippen LogP contribution in [0.3, 0.4) is 0 Å². The number of aryl methyl sites for hydroxylation is 2. The van der Waals surface area contributed by atoms with E-state index < -0.39 is 20.0 Å². The number of hydrogen-bond acceptors (Lipinski definition) is 7. The summed E-state index contributed by atoms with van der Waals surface area (Å²) >= 11 is 0. The van der Waals surface area contributed by atoms with E-state index >= 15 is 0 Å². The van der Waals surface area contributed by atoms with Crippen molar-refractivity contribution < 1.29 is 35.1 Å². The SMILES string of the molecule is COc1ccc2cc(-c3n(C)c4cc(S(C)(=O)=O)ccc4[n+]3C)oc2c1.CS(=O)(=O)[O-]. The molecule has 0 bridgehead atoms. The van der Waals surface area contributed by atoms with Gasteiger partial charge in [-0.25, -0.2) is 26.0 Å². The van der Waals surface area contributed by atoms with Crippen LogP contribution in [0.4, 0.5) is 0 Å². The second-order valence-corrected chi connectivity index (χ2v) is 10.5. The molecular formula is C20H22N2O7S2. The standard InChI is InChI=1S/C19H19N2O4S.CH4O3S/c1-20-15-8-7-14(26(4,22)23)11-16(15)21(2)19(20)18-9-12-5-6-13(24-3)10-17(12)25-18;1-5(2,3)4/h5-11H,1-4H3;1H3,(H,2,3,4)/q+1;/p-1. The van der Waals surface area contributed by atoms with Gasteiger partial charge in [-0.15, -0.1) is 0 Å². The van der Waals surface area contributed by atoms with E-state index in [-0.39, 0.29) is 0 Å². The van der Waals surface area contributed by atoms with Crippen LogP contribution < -0.4 is 9.30 Å². The molecule has 166 valence electrons. The van der Waals surface area contributed by atoms with Gasteiger partial charge in [0, 0.05) is 36.1 Å². The fourth-order valence-corrected chi connectivity index (χ4v) is 3.96. The van der Waals surface area contributed by atoms with Crippen molar-refractivity contribution >= 4 is 42.0 Å². The maximum Gasteiger partial charge on any atom is 0.325 e. The van der Waals surface area contributed by atoms with Gasteiger partial charge in [0.2, 0.25) is 5.76 Å². The largest absolute Gasteiger partial charge is 0.748 e. The summed E-state index contributed by atoms with van der Waals surface area (Å²) in [5.74, 6) is 2.29. The number of hydrogen-bond donors (Lipinski definition) is 0. The van der Waals surface area contributed by atoms with Gasteiger partial charge in [0.05, 0.1) is 36.2 Å². The number of ether oxygens (including phenoxy) is 1. The molecule has 9 nitrogen and oxygen atoms in total. The highest BCUT2D eigenvalue weighted by molar-refractivity contribution is 7.90. The van der Waals surface area contributed by atoms with Gasteiger partial charge in [0.1, 0.15) is 11.3 Å². The summed E-state index contributed by atoms with van der Waals surface area (Å²) < 4.78 is 66.2. The highest BCUT2D eigenvalue weighted by Gasteiger charge is 2.26. The Morgan fingerprint density at radius 2 is 1.68 bits per heavy atom. The third-order valence-corrected chi connectivity index (χ3v) is 5.79. The van der Waals surface area contributed by atoms with Gasteiger partial charge in [0.15, 0.2) is 20.9 Å². The molecular weight excluding hydrogens is 444 g/mol. The van der Waals surface area contributed by atoms with Crippen LogP contribution in [-0.2, 0) is 34.1 Å². The van der Waals surface area contributed by atoms with Gasteiger partial charge in [-0.3, -0.25) is 0 Å². The van der Waals surface area contributed by atoms with E-state index in [2.05, 4.69) is 0 Å². The van der Waals surface area contributed by atoms with Crippen LogP contribution in [0.25, 0.3) is 33.6 Å². The lowest BCUT2D eigenvalue weighted by molar-refractivity contribution is -0.634. The van der Waals surface area contributed by atoms with Crippen molar-refractivity contribution in [1.29, 1.82) is 0 Å². The zero-order valence-electron chi connectivity index (χ0n) is 17.6. The molecule has 0 radical (unpaired) electrons. The van der Waals surface area contributed by atoms with Gasteiger partial charge in [0.25, 0.3) is 0 Å². The minimum Gasteiger partial charge on any atom is -0.748 e. The Morgan fingerprint density at radius 1 is 1.03 bits per heavy atom. The van der Waals surface area contributed by atoms with E-state index in [1.807, 2.05) is 53.6 Å². The molecule has 0 fully saturated rings. The first-order valence-electron chi connectivity index (χ1n) is 8.97. The first-order chi connectivity index (χ1) is 14.3.